The lowest BCUT2D eigenvalue weighted by atomic mass is 9.64. The van der Waals surface area contributed by atoms with Gasteiger partial charge in [-0.05, 0) is 42.7 Å². The van der Waals surface area contributed by atoms with Crippen LogP contribution in [0.1, 0.15) is 35.4 Å². The average molecular weight is 412 g/mol. The Balaban J connectivity index is 1.72. The van der Waals surface area contributed by atoms with E-state index >= 15 is 0 Å². The van der Waals surface area contributed by atoms with Gasteiger partial charge in [-0.2, -0.15) is 0 Å². The maximum atomic E-state index is 12.3. The predicted octanol–water partition coefficient (Wildman–Crippen LogP) is 3.30. The molecule has 1 N–H and O–H groups in total. The van der Waals surface area contributed by atoms with Crippen molar-refractivity contribution in [3.63, 3.8) is 0 Å². The first kappa shape index (κ1) is 17.2. The molecule has 1 amide bonds. The number of carbonyl (C=O) groups is 1. The van der Waals surface area contributed by atoms with Crippen LogP contribution in [-0.4, -0.2) is 27.1 Å². The Kier molecular flexibility index (Phi) is 4.57. The fraction of sp³-hybridized carbons (Fsp3) is 0.353. The maximum absolute atomic E-state index is 12.3. The summed E-state index contributed by atoms with van der Waals surface area (Å²) in [5.41, 5.74) is 1.13. The Morgan fingerprint density at radius 2 is 2.04 bits per heavy atom. The molecule has 3 rings (SSSR count). The lowest BCUT2D eigenvalue weighted by Gasteiger charge is -2.42. The van der Waals surface area contributed by atoms with Crippen molar-refractivity contribution in [3.8, 4) is 0 Å². The van der Waals surface area contributed by atoms with Gasteiger partial charge in [0.15, 0.2) is 5.76 Å². The quantitative estimate of drug-likeness (QED) is 0.818. The molecule has 1 fully saturated rings. The average Bonchev–Trinajstić information content (AvgIpc) is 2.96. The van der Waals surface area contributed by atoms with Crippen molar-refractivity contribution in [2.24, 2.45) is 0 Å². The molecule has 1 aromatic carbocycles. The van der Waals surface area contributed by atoms with Gasteiger partial charge in [-0.15, -0.1) is 0 Å². The first-order valence-electron chi connectivity index (χ1n) is 7.64. The smallest absolute Gasteiger partial charge is 0.287 e. The highest BCUT2D eigenvalue weighted by molar-refractivity contribution is 9.10. The van der Waals surface area contributed by atoms with Crippen LogP contribution in [0.2, 0.25) is 0 Å². The van der Waals surface area contributed by atoms with Gasteiger partial charge in [0.2, 0.25) is 14.9 Å². The zero-order valence-electron chi connectivity index (χ0n) is 13.2. The van der Waals surface area contributed by atoms with E-state index in [1.54, 1.807) is 0 Å². The van der Waals surface area contributed by atoms with Crippen molar-refractivity contribution in [1.82, 2.24) is 5.32 Å². The number of furan rings is 1. The van der Waals surface area contributed by atoms with E-state index in [1.807, 2.05) is 12.1 Å². The van der Waals surface area contributed by atoms with E-state index < -0.39 is 15.7 Å². The zero-order valence-corrected chi connectivity index (χ0v) is 15.6. The fourth-order valence-electron chi connectivity index (χ4n) is 2.97. The molecule has 1 aliphatic carbocycles. The van der Waals surface area contributed by atoms with Crippen molar-refractivity contribution in [1.29, 1.82) is 0 Å². The minimum absolute atomic E-state index is 0.0131. The van der Waals surface area contributed by atoms with E-state index in [9.17, 15) is 13.2 Å². The largest absolute Gasteiger partial charge is 0.440 e. The minimum atomic E-state index is -3.45. The Morgan fingerprint density at radius 1 is 1.29 bits per heavy atom. The van der Waals surface area contributed by atoms with Crippen LogP contribution in [-0.2, 0) is 15.3 Å². The maximum Gasteiger partial charge on any atom is 0.287 e. The molecule has 1 heterocycles. The summed E-state index contributed by atoms with van der Waals surface area (Å²) in [5, 5.41) is 2.69. The van der Waals surface area contributed by atoms with Gasteiger partial charge in [0, 0.05) is 22.7 Å². The van der Waals surface area contributed by atoms with Crippen LogP contribution < -0.4 is 5.32 Å². The van der Waals surface area contributed by atoms with E-state index in [0.717, 1.165) is 30.0 Å². The molecule has 7 heteroatoms. The van der Waals surface area contributed by atoms with E-state index in [-0.39, 0.29) is 16.3 Å². The normalized spacial score (nSPS) is 16.4. The minimum Gasteiger partial charge on any atom is -0.440 e. The van der Waals surface area contributed by atoms with Crippen molar-refractivity contribution < 1.29 is 17.6 Å². The van der Waals surface area contributed by atoms with Gasteiger partial charge in [-0.3, -0.25) is 4.79 Å². The Labute approximate surface area is 149 Å². The number of sulfone groups is 1. The third kappa shape index (κ3) is 3.42. The fourth-order valence-corrected chi connectivity index (χ4v) is 3.92. The van der Waals surface area contributed by atoms with E-state index in [0.29, 0.717) is 6.54 Å². The molecule has 24 heavy (non-hydrogen) atoms. The van der Waals surface area contributed by atoms with Gasteiger partial charge in [0.1, 0.15) is 0 Å². The second-order valence-corrected chi connectivity index (χ2v) is 9.08. The first-order valence-corrected chi connectivity index (χ1v) is 10.3. The highest BCUT2D eigenvalue weighted by Gasteiger charge is 2.39. The molecule has 128 valence electrons. The van der Waals surface area contributed by atoms with Crippen LogP contribution in [0, 0.1) is 0 Å². The number of carbonyl (C=O) groups excluding carboxylic acids is 1. The summed E-state index contributed by atoms with van der Waals surface area (Å²) >= 11 is 3.49. The number of halogens is 1. The second kappa shape index (κ2) is 6.37. The van der Waals surface area contributed by atoms with Crippen LogP contribution in [0.3, 0.4) is 0 Å². The standard InChI is InChI=1S/C17H18BrNO4S/c1-24(21,22)15-7-6-14(23-15)16(20)19-11-17(8-3-9-17)12-4-2-5-13(18)10-12/h2,4-7,10H,3,8-9,11H2,1H3,(H,19,20). The molecule has 2 aromatic rings. The summed E-state index contributed by atoms with van der Waals surface area (Å²) < 4.78 is 29.0. The van der Waals surface area contributed by atoms with Crippen molar-refractivity contribution in [3.05, 3.63) is 52.2 Å². The summed E-state index contributed by atoms with van der Waals surface area (Å²) in [5.74, 6) is -0.384. The summed E-state index contributed by atoms with van der Waals surface area (Å²) in [7, 11) is -3.45. The number of amides is 1. The second-order valence-electron chi connectivity index (χ2n) is 6.22. The number of rotatable bonds is 5. The van der Waals surface area contributed by atoms with Crippen LogP contribution >= 0.6 is 15.9 Å². The monoisotopic (exact) mass is 411 g/mol. The molecule has 1 aliphatic rings. The number of hydrogen-bond acceptors (Lipinski definition) is 4. The van der Waals surface area contributed by atoms with E-state index in [1.165, 1.54) is 17.7 Å². The van der Waals surface area contributed by atoms with Gasteiger partial charge in [0.25, 0.3) is 5.91 Å². The molecule has 0 unspecified atom stereocenters. The van der Waals surface area contributed by atoms with Crippen molar-refractivity contribution in [2.75, 3.05) is 12.8 Å². The molecule has 0 radical (unpaired) electrons. The Hall–Kier alpha value is -1.60. The highest BCUT2D eigenvalue weighted by Crippen LogP contribution is 2.43. The molecule has 0 bridgehead atoms. The zero-order chi connectivity index (χ0) is 17.4. The van der Waals surface area contributed by atoms with E-state index in [4.69, 9.17) is 4.42 Å². The summed E-state index contributed by atoms with van der Waals surface area (Å²) in [6.07, 6.45) is 4.19. The summed E-state index contributed by atoms with van der Waals surface area (Å²) in [6, 6.07) is 10.8. The van der Waals surface area contributed by atoms with Crippen molar-refractivity contribution >= 4 is 31.7 Å². The van der Waals surface area contributed by atoms with Gasteiger partial charge >= 0.3 is 0 Å². The van der Waals surface area contributed by atoms with Gasteiger partial charge < -0.3 is 9.73 Å². The van der Waals surface area contributed by atoms with Crippen LogP contribution in [0.4, 0.5) is 0 Å². The lowest BCUT2D eigenvalue weighted by molar-refractivity contribution is 0.0895. The summed E-state index contributed by atoms with van der Waals surface area (Å²) in [6.45, 7) is 0.497. The Morgan fingerprint density at radius 3 is 2.58 bits per heavy atom. The molecule has 0 aliphatic heterocycles. The number of hydrogen-bond donors (Lipinski definition) is 1. The predicted molar refractivity (Wildman–Crippen MR) is 93.8 cm³/mol. The van der Waals surface area contributed by atoms with Crippen LogP contribution in [0.15, 0.2) is 50.4 Å². The number of benzene rings is 1. The van der Waals surface area contributed by atoms with Gasteiger partial charge in [-0.25, -0.2) is 8.42 Å². The van der Waals surface area contributed by atoms with E-state index in [2.05, 4.69) is 33.4 Å². The van der Waals surface area contributed by atoms with Crippen molar-refractivity contribution in [2.45, 2.75) is 29.8 Å². The third-order valence-electron chi connectivity index (χ3n) is 4.51. The van der Waals surface area contributed by atoms with Crippen LogP contribution in [0.5, 0.6) is 0 Å². The van der Waals surface area contributed by atoms with Gasteiger partial charge in [-0.1, -0.05) is 34.5 Å². The third-order valence-corrected chi connectivity index (χ3v) is 5.95. The molecule has 0 saturated heterocycles. The van der Waals surface area contributed by atoms with Gasteiger partial charge in [0.05, 0.1) is 0 Å². The molecule has 1 aromatic heterocycles. The molecule has 0 atom stereocenters. The SMILES string of the molecule is CS(=O)(=O)c1ccc(C(=O)NCC2(c3cccc(Br)c3)CCC2)o1. The molecule has 1 saturated carbocycles. The molecule has 0 spiro atoms. The molecular weight excluding hydrogens is 394 g/mol. The number of nitrogens with one attached hydrogen (secondary N) is 1. The molecule has 5 nitrogen and oxygen atoms in total. The summed E-state index contributed by atoms with van der Waals surface area (Å²) in [4.78, 5) is 12.3. The highest BCUT2D eigenvalue weighted by atomic mass is 79.9. The van der Waals surface area contributed by atoms with Crippen LogP contribution in [0.25, 0.3) is 0 Å². The molecular formula is C17H18BrNO4S. The Bertz CT molecular complexity index is 868. The first-order chi connectivity index (χ1) is 11.3. The topological polar surface area (TPSA) is 76.4 Å². The lowest BCUT2D eigenvalue weighted by Crippen LogP contribution is -2.45.